The molecular weight excluding hydrogens is 242 g/mol. The van der Waals surface area contributed by atoms with Crippen molar-refractivity contribution < 1.29 is 4.79 Å². The first-order chi connectivity index (χ1) is 9.20. The molecule has 0 aliphatic carbocycles. The zero-order valence-corrected chi connectivity index (χ0v) is 10.8. The highest BCUT2D eigenvalue weighted by Gasteiger charge is 2.12. The van der Waals surface area contributed by atoms with Crippen molar-refractivity contribution in [2.75, 3.05) is 11.9 Å². The van der Waals surface area contributed by atoms with Crippen molar-refractivity contribution in [1.82, 2.24) is 14.8 Å². The van der Waals surface area contributed by atoms with Crippen molar-refractivity contribution >= 4 is 11.6 Å². The lowest BCUT2D eigenvalue weighted by Gasteiger charge is -2.13. The number of aromatic nitrogens is 3. The van der Waals surface area contributed by atoms with Gasteiger partial charge in [0.1, 0.15) is 12.7 Å². The second-order valence-electron chi connectivity index (χ2n) is 4.38. The lowest BCUT2D eigenvalue weighted by Crippen LogP contribution is -2.27. The van der Waals surface area contributed by atoms with Crippen LogP contribution >= 0.6 is 0 Å². The summed E-state index contributed by atoms with van der Waals surface area (Å²) in [5, 5.41) is 6.95. The van der Waals surface area contributed by atoms with E-state index in [1.54, 1.807) is 17.9 Å². The fourth-order valence-electron chi connectivity index (χ4n) is 1.63. The monoisotopic (exact) mass is 259 g/mol. The summed E-state index contributed by atoms with van der Waals surface area (Å²) in [4.78, 5) is 15.8. The Morgan fingerprint density at radius 3 is 2.95 bits per heavy atom. The SMILES string of the molecule is CC(CN)C(=O)Nc1ccccc1Cn1cncn1. The molecule has 1 aromatic carbocycles. The molecule has 1 unspecified atom stereocenters. The minimum atomic E-state index is -0.209. The summed E-state index contributed by atoms with van der Waals surface area (Å²) < 4.78 is 1.71. The molecule has 3 N–H and O–H groups in total. The maximum Gasteiger partial charge on any atom is 0.228 e. The average Bonchev–Trinajstić information content (AvgIpc) is 2.93. The number of carbonyl (C=O) groups is 1. The summed E-state index contributed by atoms with van der Waals surface area (Å²) in [5.74, 6) is -0.284. The van der Waals surface area contributed by atoms with Crippen LogP contribution in [0, 0.1) is 5.92 Å². The molecule has 0 aliphatic heterocycles. The van der Waals surface area contributed by atoms with E-state index in [9.17, 15) is 4.79 Å². The van der Waals surface area contributed by atoms with E-state index in [2.05, 4.69) is 15.4 Å². The number of benzene rings is 1. The molecule has 1 heterocycles. The van der Waals surface area contributed by atoms with E-state index in [0.717, 1.165) is 11.3 Å². The van der Waals surface area contributed by atoms with Crippen molar-refractivity contribution in [3.8, 4) is 0 Å². The summed E-state index contributed by atoms with van der Waals surface area (Å²) >= 11 is 0. The number of nitrogens with zero attached hydrogens (tertiary/aromatic N) is 3. The Bertz CT molecular complexity index is 538. The largest absolute Gasteiger partial charge is 0.330 e. The quantitative estimate of drug-likeness (QED) is 0.834. The minimum absolute atomic E-state index is 0.0754. The molecule has 0 radical (unpaired) electrons. The maximum atomic E-state index is 11.9. The maximum absolute atomic E-state index is 11.9. The normalized spacial score (nSPS) is 12.1. The van der Waals surface area contributed by atoms with Crippen LogP contribution in [0.2, 0.25) is 0 Å². The number of nitrogens with one attached hydrogen (secondary N) is 1. The Morgan fingerprint density at radius 2 is 2.26 bits per heavy atom. The van der Waals surface area contributed by atoms with Crippen LogP contribution in [0.25, 0.3) is 0 Å². The molecule has 6 heteroatoms. The number of para-hydroxylation sites is 1. The highest BCUT2D eigenvalue weighted by molar-refractivity contribution is 5.93. The first-order valence-electron chi connectivity index (χ1n) is 6.12. The highest BCUT2D eigenvalue weighted by Crippen LogP contribution is 2.16. The van der Waals surface area contributed by atoms with Crippen molar-refractivity contribution in [2.45, 2.75) is 13.5 Å². The smallest absolute Gasteiger partial charge is 0.228 e. The third-order valence-electron chi connectivity index (χ3n) is 2.88. The molecule has 2 rings (SSSR count). The van der Waals surface area contributed by atoms with Gasteiger partial charge in [-0.15, -0.1) is 0 Å². The Balaban J connectivity index is 2.14. The molecule has 0 spiro atoms. The second-order valence-corrected chi connectivity index (χ2v) is 4.38. The number of amides is 1. The van der Waals surface area contributed by atoms with Crippen LogP contribution in [0.3, 0.4) is 0 Å². The van der Waals surface area contributed by atoms with Crippen molar-refractivity contribution in [2.24, 2.45) is 11.7 Å². The van der Waals surface area contributed by atoms with Gasteiger partial charge >= 0.3 is 0 Å². The van der Waals surface area contributed by atoms with E-state index in [4.69, 9.17) is 5.73 Å². The third-order valence-corrected chi connectivity index (χ3v) is 2.88. The van der Waals surface area contributed by atoms with Gasteiger partial charge in [-0.3, -0.25) is 4.79 Å². The van der Waals surface area contributed by atoms with Crippen LogP contribution in [-0.2, 0) is 11.3 Å². The van der Waals surface area contributed by atoms with E-state index in [0.29, 0.717) is 13.1 Å². The topological polar surface area (TPSA) is 85.8 Å². The Hall–Kier alpha value is -2.21. The van der Waals surface area contributed by atoms with Crippen molar-refractivity contribution in [3.63, 3.8) is 0 Å². The number of carbonyl (C=O) groups excluding carboxylic acids is 1. The number of anilines is 1. The summed E-state index contributed by atoms with van der Waals surface area (Å²) in [7, 11) is 0. The predicted octanol–water partition coefficient (Wildman–Crippen LogP) is 0.860. The van der Waals surface area contributed by atoms with E-state index in [1.807, 2.05) is 24.3 Å². The van der Waals surface area contributed by atoms with Gasteiger partial charge in [0.05, 0.1) is 6.54 Å². The lowest BCUT2D eigenvalue weighted by atomic mass is 10.1. The molecule has 0 aliphatic rings. The molecule has 0 saturated heterocycles. The number of hydrogen-bond donors (Lipinski definition) is 2. The predicted molar refractivity (Wildman–Crippen MR) is 72.4 cm³/mol. The number of rotatable bonds is 5. The first-order valence-corrected chi connectivity index (χ1v) is 6.12. The van der Waals surface area contributed by atoms with Crippen LogP contribution in [0.15, 0.2) is 36.9 Å². The van der Waals surface area contributed by atoms with Crippen LogP contribution in [0.4, 0.5) is 5.69 Å². The average molecular weight is 259 g/mol. The summed E-state index contributed by atoms with van der Waals surface area (Å²) in [5.41, 5.74) is 7.25. The molecule has 0 bridgehead atoms. The third kappa shape index (κ3) is 3.38. The van der Waals surface area contributed by atoms with E-state index in [1.165, 1.54) is 6.33 Å². The van der Waals surface area contributed by atoms with Crippen LogP contribution in [0.1, 0.15) is 12.5 Å². The molecule has 6 nitrogen and oxygen atoms in total. The molecule has 0 fully saturated rings. The lowest BCUT2D eigenvalue weighted by molar-refractivity contribution is -0.119. The molecule has 2 aromatic rings. The summed E-state index contributed by atoms with van der Waals surface area (Å²) in [6.45, 7) is 2.69. The molecule has 100 valence electrons. The standard InChI is InChI=1S/C13H17N5O/c1-10(6-14)13(19)17-12-5-3-2-4-11(12)7-18-9-15-8-16-18/h2-5,8-10H,6-7,14H2,1H3,(H,17,19). The van der Waals surface area contributed by atoms with Gasteiger partial charge in [-0.1, -0.05) is 25.1 Å². The van der Waals surface area contributed by atoms with Gasteiger partial charge in [-0.25, -0.2) is 9.67 Å². The van der Waals surface area contributed by atoms with Crippen molar-refractivity contribution in [3.05, 3.63) is 42.5 Å². The van der Waals surface area contributed by atoms with Crippen LogP contribution in [-0.4, -0.2) is 27.2 Å². The van der Waals surface area contributed by atoms with Crippen LogP contribution in [0.5, 0.6) is 0 Å². The molecule has 1 amide bonds. The van der Waals surface area contributed by atoms with Gasteiger partial charge < -0.3 is 11.1 Å². The highest BCUT2D eigenvalue weighted by atomic mass is 16.1. The molecule has 1 atom stereocenters. The first kappa shape index (κ1) is 13.2. The van der Waals surface area contributed by atoms with E-state index in [-0.39, 0.29) is 11.8 Å². The van der Waals surface area contributed by atoms with Gasteiger partial charge in [-0.2, -0.15) is 5.10 Å². The molecule has 19 heavy (non-hydrogen) atoms. The Morgan fingerprint density at radius 1 is 1.47 bits per heavy atom. The second kappa shape index (κ2) is 6.10. The van der Waals surface area contributed by atoms with E-state index >= 15 is 0 Å². The van der Waals surface area contributed by atoms with Crippen molar-refractivity contribution in [1.29, 1.82) is 0 Å². The van der Waals surface area contributed by atoms with Gasteiger partial charge in [0.15, 0.2) is 0 Å². The Kier molecular flexibility index (Phi) is 4.25. The summed E-state index contributed by atoms with van der Waals surface area (Å²) in [6.07, 6.45) is 3.12. The zero-order chi connectivity index (χ0) is 13.7. The van der Waals surface area contributed by atoms with Gasteiger partial charge in [0.2, 0.25) is 5.91 Å². The Labute approximate surface area is 111 Å². The van der Waals surface area contributed by atoms with Crippen LogP contribution < -0.4 is 11.1 Å². The number of nitrogens with two attached hydrogens (primary N) is 1. The van der Waals surface area contributed by atoms with Gasteiger partial charge in [-0.05, 0) is 11.6 Å². The number of hydrogen-bond acceptors (Lipinski definition) is 4. The molecule has 1 aromatic heterocycles. The summed E-state index contributed by atoms with van der Waals surface area (Å²) in [6, 6.07) is 7.62. The molecule has 0 saturated carbocycles. The van der Waals surface area contributed by atoms with Gasteiger partial charge in [0.25, 0.3) is 0 Å². The fourth-order valence-corrected chi connectivity index (χ4v) is 1.63. The minimum Gasteiger partial charge on any atom is -0.330 e. The molecular formula is C13H17N5O. The van der Waals surface area contributed by atoms with Gasteiger partial charge in [0, 0.05) is 18.2 Å². The van der Waals surface area contributed by atoms with E-state index < -0.39 is 0 Å². The fraction of sp³-hybridized carbons (Fsp3) is 0.308. The zero-order valence-electron chi connectivity index (χ0n) is 10.8.